The Morgan fingerprint density at radius 1 is 1.09 bits per heavy atom. The van der Waals surface area contributed by atoms with E-state index in [4.69, 9.17) is 4.74 Å². The minimum Gasteiger partial charge on any atom is -0.497 e. The molecular weight excluding hydrogens is 436 g/mol. The summed E-state index contributed by atoms with van der Waals surface area (Å²) in [5.41, 5.74) is 3.09. The second kappa shape index (κ2) is 11.1. The summed E-state index contributed by atoms with van der Waals surface area (Å²) in [4.78, 5) is 33.5. The molecule has 0 aliphatic rings. The summed E-state index contributed by atoms with van der Waals surface area (Å²) >= 11 is 1.48. The zero-order valence-electron chi connectivity index (χ0n) is 19.7. The van der Waals surface area contributed by atoms with Crippen molar-refractivity contribution in [3.8, 4) is 5.75 Å². The van der Waals surface area contributed by atoms with Crippen molar-refractivity contribution in [2.24, 2.45) is 4.99 Å². The first-order valence-electron chi connectivity index (χ1n) is 10.7. The van der Waals surface area contributed by atoms with Crippen LogP contribution in [0.5, 0.6) is 5.75 Å². The fourth-order valence-corrected chi connectivity index (χ4v) is 4.24. The lowest BCUT2D eigenvalue weighted by Crippen LogP contribution is -2.31. The average Bonchev–Trinajstić information content (AvgIpc) is 3.06. The van der Waals surface area contributed by atoms with Crippen molar-refractivity contribution in [3.05, 3.63) is 80.6 Å². The number of benzene rings is 2. The summed E-state index contributed by atoms with van der Waals surface area (Å²) in [6.45, 7) is 5.90. The lowest BCUT2D eigenvalue weighted by Gasteiger charge is -2.11. The number of carbonyl (C=O) groups excluding carboxylic acids is 2. The Morgan fingerprint density at radius 2 is 1.82 bits per heavy atom. The fourth-order valence-electron chi connectivity index (χ4n) is 3.26. The van der Waals surface area contributed by atoms with Crippen molar-refractivity contribution >= 4 is 23.2 Å². The van der Waals surface area contributed by atoms with Crippen LogP contribution in [0, 0.1) is 13.8 Å². The molecule has 0 unspecified atom stereocenters. The summed E-state index contributed by atoms with van der Waals surface area (Å²) in [6, 6.07) is 14.5. The van der Waals surface area contributed by atoms with Gasteiger partial charge in [-0.3, -0.25) is 9.59 Å². The van der Waals surface area contributed by atoms with Crippen LogP contribution in [-0.4, -0.2) is 55.6 Å². The molecule has 3 rings (SSSR count). The Bertz CT molecular complexity index is 1210. The number of amides is 2. The van der Waals surface area contributed by atoms with Crippen molar-refractivity contribution in [3.63, 3.8) is 0 Å². The summed E-state index contributed by atoms with van der Waals surface area (Å²) in [5.74, 6) is 0.195. The second-order valence-corrected chi connectivity index (χ2v) is 9.20. The van der Waals surface area contributed by atoms with Crippen LogP contribution in [0.25, 0.3) is 0 Å². The standard InChI is InChI=1S/C25H30N4O3S/c1-17-18(2)33-25(27-24(31)21-10-7-11-22(15-21)32-5)29(17)16-19-8-6-9-20(14-19)23(30)26-12-13-28(3)4/h6-11,14-15H,12-13,16H2,1-5H3,(H,26,30). The topological polar surface area (TPSA) is 75.9 Å². The molecule has 174 valence electrons. The molecule has 2 aromatic carbocycles. The van der Waals surface area contributed by atoms with Gasteiger partial charge in [-0.25, -0.2) is 0 Å². The van der Waals surface area contributed by atoms with Gasteiger partial charge in [0.2, 0.25) is 0 Å². The van der Waals surface area contributed by atoms with Gasteiger partial charge in [0.15, 0.2) is 4.80 Å². The summed E-state index contributed by atoms with van der Waals surface area (Å²) in [5, 5.41) is 2.94. The molecule has 1 N–H and O–H groups in total. The lowest BCUT2D eigenvalue weighted by atomic mass is 10.1. The quantitative estimate of drug-likeness (QED) is 0.553. The molecule has 0 bridgehead atoms. The summed E-state index contributed by atoms with van der Waals surface area (Å²) < 4.78 is 7.23. The molecule has 1 heterocycles. The normalized spacial score (nSPS) is 11.6. The van der Waals surface area contributed by atoms with Gasteiger partial charge in [0, 0.05) is 34.8 Å². The minimum atomic E-state index is -0.321. The van der Waals surface area contributed by atoms with E-state index in [0.717, 1.165) is 22.7 Å². The van der Waals surface area contributed by atoms with Crippen LogP contribution in [0.4, 0.5) is 0 Å². The smallest absolute Gasteiger partial charge is 0.279 e. The number of carbonyl (C=O) groups is 2. The highest BCUT2D eigenvalue weighted by Gasteiger charge is 2.12. The van der Waals surface area contributed by atoms with Gasteiger partial charge in [-0.15, -0.1) is 11.3 Å². The molecular formula is C25H30N4O3S. The van der Waals surface area contributed by atoms with E-state index in [9.17, 15) is 9.59 Å². The zero-order chi connectivity index (χ0) is 24.0. The number of likely N-dealkylation sites (N-methyl/N-ethyl adjacent to an activating group) is 1. The van der Waals surface area contributed by atoms with E-state index < -0.39 is 0 Å². The highest BCUT2D eigenvalue weighted by atomic mass is 32.1. The maximum atomic E-state index is 12.8. The molecule has 33 heavy (non-hydrogen) atoms. The lowest BCUT2D eigenvalue weighted by molar-refractivity contribution is 0.0949. The van der Waals surface area contributed by atoms with Gasteiger partial charge in [0.05, 0.1) is 13.7 Å². The van der Waals surface area contributed by atoms with E-state index >= 15 is 0 Å². The highest BCUT2D eigenvalue weighted by Crippen LogP contribution is 2.16. The number of nitrogens with zero attached hydrogens (tertiary/aromatic N) is 3. The molecule has 0 saturated carbocycles. The van der Waals surface area contributed by atoms with Gasteiger partial charge in [-0.05, 0) is 63.8 Å². The third kappa shape index (κ3) is 6.40. The third-order valence-electron chi connectivity index (χ3n) is 5.28. The predicted octanol–water partition coefficient (Wildman–Crippen LogP) is 3.26. The van der Waals surface area contributed by atoms with Crippen LogP contribution < -0.4 is 14.9 Å². The molecule has 1 aromatic heterocycles. The Labute approximate surface area is 198 Å². The number of hydrogen-bond acceptors (Lipinski definition) is 5. The van der Waals surface area contributed by atoms with Gasteiger partial charge < -0.3 is 19.5 Å². The molecule has 0 radical (unpaired) electrons. The van der Waals surface area contributed by atoms with E-state index in [0.29, 0.717) is 34.8 Å². The molecule has 0 aliphatic heterocycles. The van der Waals surface area contributed by atoms with Crippen LogP contribution in [0.1, 0.15) is 36.9 Å². The number of rotatable bonds is 8. The van der Waals surface area contributed by atoms with E-state index in [2.05, 4.69) is 10.3 Å². The molecule has 7 nitrogen and oxygen atoms in total. The first kappa shape index (κ1) is 24.4. The van der Waals surface area contributed by atoms with Crippen molar-refractivity contribution in [1.29, 1.82) is 0 Å². The average molecular weight is 467 g/mol. The summed E-state index contributed by atoms with van der Waals surface area (Å²) in [7, 11) is 5.50. The predicted molar refractivity (Wildman–Crippen MR) is 131 cm³/mol. The molecule has 0 atom stereocenters. The SMILES string of the molecule is COc1cccc(C(=O)N=c2sc(C)c(C)n2Cc2cccc(C(=O)NCCN(C)C)c2)c1. The van der Waals surface area contributed by atoms with Crippen LogP contribution in [0.3, 0.4) is 0 Å². The second-order valence-electron chi connectivity index (χ2n) is 8.02. The molecule has 3 aromatic rings. The van der Waals surface area contributed by atoms with Crippen LogP contribution >= 0.6 is 11.3 Å². The molecule has 0 aliphatic carbocycles. The van der Waals surface area contributed by atoms with E-state index in [-0.39, 0.29) is 11.8 Å². The molecule has 0 saturated heterocycles. The molecule has 8 heteroatoms. The van der Waals surface area contributed by atoms with E-state index in [1.165, 1.54) is 11.3 Å². The van der Waals surface area contributed by atoms with Gasteiger partial charge in [0.1, 0.15) is 5.75 Å². The maximum absolute atomic E-state index is 12.8. The van der Waals surface area contributed by atoms with Crippen molar-refractivity contribution < 1.29 is 14.3 Å². The van der Waals surface area contributed by atoms with Crippen molar-refractivity contribution in [2.45, 2.75) is 20.4 Å². The minimum absolute atomic E-state index is 0.0972. The van der Waals surface area contributed by atoms with Gasteiger partial charge in [0.25, 0.3) is 11.8 Å². The Balaban J connectivity index is 1.86. The Kier molecular flexibility index (Phi) is 8.19. The number of thiazole rings is 1. The Morgan fingerprint density at radius 3 is 2.55 bits per heavy atom. The van der Waals surface area contributed by atoms with Crippen LogP contribution in [0.2, 0.25) is 0 Å². The summed E-state index contributed by atoms with van der Waals surface area (Å²) in [6.07, 6.45) is 0. The first-order valence-corrected chi connectivity index (χ1v) is 11.5. The van der Waals surface area contributed by atoms with E-state index in [1.807, 2.05) is 61.7 Å². The largest absolute Gasteiger partial charge is 0.497 e. The number of nitrogens with one attached hydrogen (secondary N) is 1. The fraction of sp³-hybridized carbons (Fsp3) is 0.320. The van der Waals surface area contributed by atoms with Gasteiger partial charge in [-0.1, -0.05) is 18.2 Å². The van der Waals surface area contributed by atoms with E-state index in [1.54, 1.807) is 31.4 Å². The van der Waals surface area contributed by atoms with Crippen LogP contribution in [-0.2, 0) is 6.54 Å². The maximum Gasteiger partial charge on any atom is 0.279 e. The van der Waals surface area contributed by atoms with Gasteiger partial charge >= 0.3 is 0 Å². The zero-order valence-corrected chi connectivity index (χ0v) is 20.5. The highest BCUT2D eigenvalue weighted by molar-refractivity contribution is 7.09. The molecule has 0 spiro atoms. The molecule has 2 amide bonds. The Hall–Kier alpha value is -3.23. The van der Waals surface area contributed by atoms with Crippen LogP contribution in [0.15, 0.2) is 53.5 Å². The molecule has 0 fully saturated rings. The van der Waals surface area contributed by atoms with Gasteiger partial charge in [-0.2, -0.15) is 4.99 Å². The van der Waals surface area contributed by atoms with Crippen molar-refractivity contribution in [1.82, 2.24) is 14.8 Å². The number of hydrogen-bond donors (Lipinski definition) is 1. The first-order chi connectivity index (χ1) is 15.8. The van der Waals surface area contributed by atoms with Crippen molar-refractivity contribution in [2.75, 3.05) is 34.3 Å². The number of aromatic nitrogens is 1. The number of ether oxygens (including phenoxy) is 1. The number of aryl methyl sites for hydroxylation is 1. The third-order valence-corrected chi connectivity index (χ3v) is 6.37. The number of methoxy groups -OCH3 is 1. The monoisotopic (exact) mass is 466 g/mol.